The molecule has 0 N–H and O–H groups in total. The van der Waals surface area contributed by atoms with Crippen molar-refractivity contribution < 1.29 is 16.5 Å². The summed E-state index contributed by atoms with van der Waals surface area (Å²) in [5.74, 6) is 0.299. The van der Waals surface area contributed by atoms with Gasteiger partial charge in [0.05, 0.1) is 12.1 Å². The van der Waals surface area contributed by atoms with Crippen molar-refractivity contribution in [2.24, 2.45) is 5.92 Å². The summed E-state index contributed by atoms with van der Waals surface area (Å²) in [6.07, 6.45) is 7.11. The first-order valence-electron chi connectivity index (χ1n) is 5.57. The summed E-state index contributed by atoms with van der Waals surface area (Å²) >= 11 is -0.472. The van der Waals surface area contributed by atoms with Gasteiger partial charge in [0.2, 0.25) is 0 Å². The molecule has 0 spiro atoms. The van der Waals surface area contributed by atoms with Crippen molar-refractivity contribution in [2.45, 2.75) is 12.8 Å². The van der Waals surface area contributed by atoms with Gasteiger partial charge < -0.3 is 10.6 Å². The molecule has 0 aromatic heterocycles. The van der Waals surface area contributed by atoms with Crippen LogP contribution in [-0.2, 0) is 16.5 Å². The molecule has 0 unspecified atom stereocenters. The first-order chi connectivity index (χ1) is 9.28. The summed E-state index contributed by atoms with van der Waals surface area (Å²) in [5, 5.41) is 24.7. The number of hydrogen-bond acceptors (Lipinski definition) is 2. The Labute approximate surface area is 130 Å². The van der Waals surface area contributed by atoms with E-state index in [9.17, 15) is 0 Å². The maximum absolute atomic E-state index is 8.40. The van der Waals surface area contributed by atoms with E-state index in [1.807, 2.05) is 6.07 Å². The molecular weight excluding hydrogens is 466 g/mol. The molecule has 2 aliphatic rings. The van der Waals surface area contributed by atoms with Crippen molar-refractivity contribution in [1.29, 1.82) is 10.5 Å². The summed E-state index contributed by atoms with van der Waals surface area (Å²) in [6.45, 7) is 2.45. The van der Waals surface area contributed by atoms with E-state index in [0.717, 1.165) is 25.9 Å². The van der Waals surface area contributed by atoms with Gasteiger partial charge in [-0.2, -0.15) is 16.7 Å². The molecule has 0 aliphatic carbocycles. The van der Waals surface area contributed by atoms with Crippen LogP contribution in [0, 0.1) is 28.6 Å². The number of rotatable bonds is 0. The molecule has 7 heteroatoms. The number of allylic oxidation sites excluding steroid dienone is 2. The third-order valence-electron chi connectivity index (χ3n) is 2.36. The summed E-state index contributed by atoms with van der Waals surface area (Å²) < 4.78 is 0. The summed E-state index contributed by atoms with van der Waals surface area (Å²) in [6, 6.07) is 4.26. The van der Waals surface area contributed by atoms with Crippen LogP contribution >= 0.6 is 18.8 Å². The fourth-order valence-corrected chi connectivity index (χ4v) is 1.38. The van der Waals surface area contributed by atoms with Gasteiger partial charge in [-0.1, -0.05) is 25.0 Å². The second kappa shape index (κ2) is 13.9. The van der Waals surface area contributed by atoms with Crippen LogP contribution in [0.4, 0.5) is 0 Å². The van der Waals surface area contributed by atoms with E-state index in [2.05, 4.69) is 16.7 Å². The van der Waals surface area contributed by atoms with Crippen molar-refractivity contribution in [3.8, 4) is 12.1 Å². The van der Waals surface area contributed by atoms with Gasteiger partial charge in [-0.3, -0.25) is 0 Å². The minimum atomic E-state index is -0.472. The quantitative estimate of drug-likeness (QED) is 0.526. The fraction of sp³-hybridized carbons (Fsp3) is 0.500. The number of nitrogens with zero attached hydrogens (tertiary/aromatic N) is 4. The van der Waals surface area contributed by atoms with Crippen molar-refractivity contribution >= 4 is 18.8 Å². The predicted octanol–water partition coefficient (Wildman–Crippen LogP) is 4.01. The molecule has 19 heavy (non-hydrogen) atoms. The fourth-order valence-electron chi connectivity index (χ4n) is 1.38. The Morgan fingerprint density at radius 3 is 2.21 bits per heavy atom. The van der Waals surface area contributed by atoms with Crippen molar-refractivity contribution in [1.82, 2.24) is 0 Å². The molecule has 4 nitrogen and oxygen atoms in total. The van der Waals surface area contributed by atoms with Crippen LogP contribution in [0.25, 0.3) is 10.6 Å². The van der Waals surface area contributed by atoms with Gasteiger partial charge in [-0.05, 0) is 0 Å². The van der Waals surface area contributed by atoms with Crippen LogP contribution in [0.15, 0.2) is 23.9 Å². The molecule has 0 saturated carbocycles. The molecule has 0 amide bonds. The molecule has 0 bridgehead atoms. The first kappa shape index (κ1) is 18.5. The van der Waals surface area contributed by atoms with Gasteiger partial charge in [-0.15, -0.1) is 19.6 Å². The van der Waals surface area contributed by atoms with Gasteiger partial charge in [0.25, 0.3) is 0 Å². The Balaban J connectivity index is 0.000000284. The van der Waals surface area contributed by atoms with E-state index >= 15 is 0 Å². The van der Waals surface area contributed by atoms with Crippen molar-refractivity contribution in [3.63, 3.8) is 0 Å². The van der Waals surface area contributed by atoms with Crippen LogP contribution in [0.1, 0.15) is 12.8 Å². The average Bonchev–Trinajstić information content (AvgIpc) is 2.50. The van der Waals surface area contributed by atoms with Crippen LogP contribution in [-0.4, -0.2) is 19.6 Å². The van der Waals surface area contributed by atoms with Crippen molar-refractivity contribution in [2.75, 3.05) is 19.6 Å². The number of piperidine rings is 1. The number of hydrogen-bond donors (Lipinski definition) is 0. The Kier molecular flexibility index (Phi) is 13.5. The van der Waals surface area contributed by atoms with Crippen LogP contribution < -0.4 is 0 Å². The van der Waals surface area contributed by atoms with Crippen LogP contribution in [0.5, 0.6) is 0 Å². The van der Waals surface area contributed by atoms with E-state index < -0.39 is 16.5 Å². The topological polar surface area (TPSA) is 75.8 Å². The zero-order chi connectivity index (χ0) is 14.3. The Bertz CT molecular complexity index is 365. The SMILES string of the molecule is N#CC1=CC[N-]C=C1.N#CC1CC[N-]CC1.[Cl][Pt+2][Cl]. The minimum absolute atomic E-state index is 0.299. The summed E-state index contributed by atoms with van der Waals surface area (Å²) in [4.78, 5) is 0. The third-order valence-corrected chi connectivity index (χ3v) is 2.36. The molecule has 1 saturated heterocycles. The second-order valence-electron chi connectivity index (χ2n) is 3.57. The van der Waals surface area contributed by atoms with Gasteiger partial charge in [0, 0.05) is 11.5 Å². The zero-order valence-corrected chi connectivity index (χ0v) is 14.0. The molecule has 0 aromatic carbocycles. The van der Waals surface area contributed by atoms with E-state index in [1.54, 1.807) is 18.4 Å². The normalized spacial score (nSPS) is 17.4. The maximum atomic E-state index is 8.40. The Morgan fingerprint density at radius 2 is 1.89 bits per heavy atom. The molecule has 2 aliphatic heterocycles. The molecule has 1 fully saturated rings. The summed E-state index contributed by atoms with van der Waals surface area (Å²) in [5.41, 5.74) is 0.708. The third kappa shape index (κ3) is 11.0. The van der Waals surface area contributed by atoms with Gasteiger partial charge in [-0.25, -0.2) is 0 Å². The molecule has 2 rings (SSSR count). The van der Waals surface area contributed by atoms with Crippen molar-refractivity contribution in [3.05, 3.63) is 34.6 Å². The van der Waals surface area contributed by atoms with E-state index in [-0.39, 0.29) is 0 Å². The summed E-state index contributed by atoms with van der Waals surface area (Å²) in [7, 11) is 9.75. The first-order valence-corrected chi connectivity index (χ1v) is 11.2. The molecule has 0 atom stereocenters. The van der Waals surface area contributed by atoms with E-state index in [4.69, 9.17) is 29.4 Å². The van der Waals surface area contributed by atoms with Crippen LogP contribution in [0.2, 0.25) is 0 Å². The molecule has 0 radical (unpaired) electrons. The molecular formula is C12H14Cl2N4Pt. The van der Waals surface area contributed by atoms with Gasteiger partial charge >= 0.3 is 35.3 Å². The molecule has 2 heterocycles. The molecule has 106 valence electrons. The number of halogens is 2. The van der Waals surface area contributed by atoms with Gasteiger partial charge in [0.15, 0.2) is 0 Å². The monoisotopic (exact) mass is 479 g/mol. The predicted molar refractivity (Wildman–Crippen MR) is 74.2 cm³/mol. The number of nitriles is 2. The Hall–Kier alpha value is -0.512. The second-order valence-corrected chi connectivity index (χ2v) is 6.85. The standard InChI is InChI=1S/C6H9N2.C6H5N2.2ClH.Pt/c2*7-5-6-1-3-8-4-2-6;;;/h6H,1-4H2;1-3H,4H2;2*1H;/q2*-1;;;+4/p-2. The molecule has 0 aromatic rings. The van der Waals surface area contributed by atoms with Crippen LogP contribution in [0.3, 0.4) is 0 Å². The Morgan fingerprint density at radius 1 is 1.26 bits per heavy atom. The average molecular weight is 480 g/mol. The van der Waals surface area contributed by atoms with E-state index in [1.165, 1.54) is 0 Å². The zero-order valence-electron chi connectivity index (χ0n) is 10.2. The van der Waals surface area contributed by atoms with E-state index in [0.29, 0.717) is 18.0 Å². The van der Waals surface area contributed by atoms with Gasteiger partial charge in [0.1, 0.15) is 0 Å².